The summed E-state index contributed by atoms with van der Waals surface area (Å²) in [5.74, 6) is 0. The van der Waals surface area contributed by atoms with Crippen molar-refractivity contribution in [2.75, 3.05) is 6.61 Å². The molecule has 0 aromatic heterocycles. The molecular weight excluding hydrogens is 247 g/mol. The Kier molecular flexibility index (Phi) is 4.41. The molecule has 0 aromatic carbocycles. The maximum Gasteiger partial charge on any atom is 0.472 e. The van der Waals surface area contributed by atoms with Crippen LogP contribution in [0.1, 0.15) is 0 Å². The van der Waals surface area contributed by atoms with E-state index in [9.17, 15) is 19.9 Å². The van der Waals surface area contributed by atoms with Crippen LogP contribution < -0.4 is 0 Å². The normalized spacial score (nSPS) is 41.0. The molecule has 0 aliphatic carbocycles. The first-order chi connectivity index (χ1) is 7.26. The monoisotopic (exact) mass is 260 g/mol. The van der Waals surface area contributed by atoms with Crippen molar-refractivity contribution in [3.63, 3.8) is 0 Å². The van der Waals surface area contributed by atoms with E-state index in [4.69, 9.17) is 14.9 Å². The van der Waals surface area contributed by atoms with Gasteiger partial charge in [0.05, 0.1) is 6.61 Å². The van der Waals surface area contributed by atoms with E-state index in [1.165, 1.54) is 0 Å². The molecule has 6 N–H and O–H groups in total. The molecule has 0 spiro atoms. The summed E-state index contributed by atoms with van der Waals surface area (Å²) in [6.07, 6.45) is -8.25. The van der Waals surface area contributed by atoms with Gasteiger partial charge < -0.3 is 34.9 Å². The van der Waals surface area contributed by atoms with Gasteiger partial charge in [-0.1, -0.05) is 0 Å². The van der Waals surface area contributed by atoms with Gasteiger partial charge in [-0.05, 0) is 0 Å². The van der Waals surface area contributed by atoms with E-state index in [2.05, 4.69) is 9.26 Å². The zero-order chi connectivity index (χ0) is 12.5. The van der Waals surface area contributed by atoms with E-state index in [1.807, 2.05) is 0 Å². The fourth-order valence-electron chi connectivity index (χ4n) is 1.29. The molecule has 0 bridgehead atoms. The van der Waals surface area contributed by atoms with Crippen LogP contribution in [0.15, 0.2) is 0 Å². The van der Waals surface area contributed by atoms with Gasteiger partial charge >= 0.3 is 7.82 Å². The van der Waals surface area contributed by atoms with Crippen LogP contribution in [0.4, 0.5) is 0 Å². The topological polar surface area (TPSA) is 157 Å². The molecule has 1 rings (SSSR count). The van der Waals surface area contributed by atoms with Crippen molar-refractivity contribution < 1.29 is 44.0 Å². The van der Waals surface area contributed by atoms with Gasteiger partial charge in [0.25, 0.3) is 0 Å². The van der Waals surface area contributed by atoms with Crippen molar-refractivity contribution >= 4 is 7.82 Å². The molecule has 5 atom stereocenters. The lowest BCUT2D eigenvalue weighted by Crippen LogP contribution is -2.58. The SMILES string of the molecule is O=P(O)(O)O[C@@H]1O[C@@H](CO)[C@H](O)[C@H](O)[C@@H]1O. The minimum absolute atomic E-state index is 0.702. The molecule has 1 aliphatic rings. The fourth-order valence-corrected chi connectivity index (χ4v) is 1.73. The third-order valence-corrected chi connectivity index (χ3v) is 2.57. The molecule has 0 amide bonds. The third kappa shape index (κ3) is 3.20. The molecule has 1 fully saturated rings. The minimum Gasteiger partial charge on any atom is -0.394 e. The van der Waals surface area contributed by atoms with Crippen LogP contribution in [0.2, 0.25) is 0 Å². The second-order valence-electron chi connectivity index (χ2n) is 3.29. The standard InChI is InChI=1S/C6H13O9P/c7-1-2-3(8)4(9)5(10)6(14-2)15-16(11,12)13/h2-10H,1H2,(H2,11,12,13)/t2-,3-,4-,5-,6-/m0/s1. The third-order valence-electron chi connectivity index (χ3n) is 2.09. The highest BCUT2D eigenvalue weighted by molar-refractivity contribution is 7.46. The molecule has 10 heteroatoms. The van der Waals surface area contributed by atoms with E-state index in [0.29, 0.717) is 0 Å². The van der Waals surface area contributed by atoms with Gasteiger partial charge in [-0.3, -0.25) is 4.52 Å². The molecule has 1 heterocycles. The maximum atomic E-state index is 10.5. The second-order valence-corrected chi connectivity index (χ2v) is 4.49. The number of aliphatic hydroxyl groups is 4. The highest BCUT2D eigenvalue weighted by atomic mass is 31.2. The van der Waals surface area contributed by atoms with Crippen molar-refractivity contribution in [2.45, 2.75) is 30.7 Å². The van der Waals surface area contributed by atoms with Crippen molar-refractivity contribution in [3.05, 3.63) is 0 Å². The van der Waals surface area contributed by atoms with E-state index < -0.39 is 45.1 Å². The molecule has 9 nitrogen and oxygen atoms in total. The largest absolute Gasteiger partial charge is 0.472 e. The predicted octanol–water partition coefficient (Wildman–Crippen LogP) is -3.10. The van der Waals surface area contributed by atoms with E-state index in [1.54, 1.807) is 0 Å². The summed E-state index contributed by atoms with van der Waals surface area (Å²) in [7, 11) is -4.91. The first-order valence-corrected chi connectivity index (χ1v) is 5.83. The summed E-state index contributed by atoms with van der Waals surface area (Å²) in [5, 5.41) is 36.6. The van der Waals surface area contributed by atoms with Gasteiger partial charge in [0.1, 0.15) is 24.4 Å². The molecule has 0 saturated carbocycles. The summed E-state index contributed by atoms with van der Waals surface area (Å²) in [4.78, 5) is 17.0. The van der Waals surface area contributed by atoms with Gasteiger partial charge in [-0.25, -0.2) is 4.57 Å². The average Bonchev–Trinajstić information content (AvgIpc) is 2.17. The van der Waals surface area contributed by atoms with Gasteiger partial charge in [0, 0.05) is 0 Å². The molecule has 1 aliphatic heterocycles. The smallest absolute Gasteiger partial charge is 0.394 e. The van der Waals surface area contributed by atoms with Crippen molar-refractivity contribution in [1.82, 2.24) is 0 Å². The average molecular weight is 260 g/mol. The Bertz CT molecular complexity index is 275. The van der Waals surface area contributed by atoms with Gasteiger partial charge in [0.2, 0.25) is 0 Å². The van der Waals surface area contributed by atoms with Gasteiger partial charge in [-0.2, -0.15) is 0 Å². The molecule has 16 heavy (non-hydrogen) atoms. The van der Waals surface area contributed by atoms with Gasteiger partial charge in [-0.15, -0.1) is 0 Å². The van der Waals surface area contributed by atoms with Crippen LogP contribution >= 0.6 is 7.82 Å². The van der Waals surface area contributed by atoms with Crippen LogP contribution in [-0.2, 0) is 13.8 Å². The number of ether oxygens (including phenoxy) is 1. The number of hydrogen-bond acceptors (Lipinski definition) is 7. The summed E-state index contributed by atoms with van der Waals surface area (Å²) in [6.45, 7) is -0.702. The predicted molar refractivity (Wildman–Crippen MR) is 46.9 cm³/mol. The number of rotatable bonds is 3. The molecule has 0 aromatic rings. The first kappa shape index (κ1) is 14.0. The van der Waals surface area contributed by atoms with Gasteiger partial charge in [0.15, 0.2) is 6.29 Å². The quantitative estimate of drug-likeness (QED) is 0.289. The van der Waals surface area contributed by atoms with Crippen molar-refractivity contribution in [3.8, 4) is 0 Å². The van der Waals surface area contributed by atoms with Crippen molar-refractivity contribution in [1.29, 1.82) is 0 Å². The Hall–Kier alpha value is -0.0900. The van der Waals surface area contributed by atoms with E-state index in [0.717, 1.165) is 0 Å². The van der Waals surface area contributed by atoms with E-state index in [-0.39, 0.29) is 0 Å². The van der Waals surface area contributed by atoms with Crippen molar-refractivity contribution in [2.24, 2.45) is 0 Å². The number of hydrogen-bond donors (Lipinski definition) is 6. The van der Waals surface area contributed by atoms with Crippen LogP contribution in [0.5, 0.6) is 0 Å². The summed E-state index contributed by atoms with van der Waals surface area (Å²) < 4.78 is 19.2. The van der Waals surface area contributed by atoms with Crippen LogP contribution in [0.3, 0.4) is 0 Å². The van der Waals surface area contributed by atoms with Crippen LogP contribution in [-0.4, -0.2) is 67.5 Å². The molecule has 96 valence electrons. The molecule has 0 radical (unpaired) electrons. The number of aliphatic hydroxyl groups excluding tert-OH is 4. The molecule has 0 unspecified atom stereocenters. The van der Waals surface area contributed by atoms with Crippen LogP contribution in [0, 0.1) is 0 Å². The molecular formula is C6H13O9P. The van der Waals surface area contributed by atoms with Crippen LogP contribution in [0.25, 0.3) is 0 Å². The first-order valence-electron chi connectivity index (χ1n) is 4.30. The zero-order valence-corrected chi connectivity index (χ0v) is 8.84. The Balaban J connectivity index is 2.75. The Morgan fingerprint density at radius 3 is 2.12 bits per heavy atom. The molecule has 1 saturated heterocycles. The number of phosphoric ester groups is 1. The zero-order valence-electron chi connectivity index (χ0n) is 7.95. The maximum absolute atomic E-state index is 10.5. The summed E-state index contributed by atoms with van der Waals surface area (Å²) in [5.41, 5.74) is 0. The van der Waals surface area contributed by atoms with E-state index >= 15 is 0 Å². The number of phosphoric acid groups is 1. The summed E-state index contributed by atoms with van der Waals surface area (Å²) in [6, 6.07) is 0. The second kappa shape index (κ2) is 5.05. The highest BCUT2D eigenvalue weighted by Gasteiger charge is 2.46. The Morgan fingerprint density at radius 1 is 1.12 bits per heavy atom. The summed E-state index contributed by atoms with van der Waals surface area (Å²) >= 11 is 0. The minimum atomic E-state index is -4.91. The highest BCUT2D eigenvalue weighted by Crippen LogP contribution is 2.40. The Morgan fingerprint density at radius 2 is 1.69 bits per heavy atom. The lowest BCUT2D eigenvalue weighted by molar-refractivity contribution is -0.280. The lowest BCUT2D eigenvalue weighted by Gasteiger charge is -2.39. The fraction of sp³-hybridized carbons (Fsp3) is 1.00. The Labute approximate surface area is 90.1 Å². The lowest BCUT2D eigenvalue weighted by atomic mass is 10.00.